The van der Waals surface area contributed by atoms with Crippen molar-refractivity contribution in [2.45, 2.75) is 33.2 Å². The molecular formula is C15H21NO4S. The zero-order valence-corrected chi connectivity index (χ0v) is 13.4. The number of carbonyl (C=O) groups excluding carboxylic acids is 1. The topological polar surface area (TPSA) is 72.5 Å². The number of rotatable bonds is 4. The lowest BCUT2D eigenvalue weighted by atomic mass is 10.1. The number of amides is 1. The van der Waals surface area contributed by atoms with Gasteiger partial charge in [-0.2, -0.15) is 0 Å². The second-order valence-corrected chi connectivity index (χ2v) is 7.84. The number of nitrogens with one attached hydrogen (secondary N) is 1. The molecular weight excluding hydrogens is 290 g/mol. The van der Waals surface area contributed by atoms with Crippen LogP contribution in [0.5, 0.6) is 5.75 Å². The van der Waals surface area contributed by atoms with Crippen LogP contribution in [0, 0.1) is 20.8 Å². The molecule has 1 saturated heterocycles. The van der Waals surface area contributed by atoms with Gasteiger partial charge in [0.25, 0.3) is 5.91 Å². The van der Waals surface area contributed by atoms with Gasteiger partial charge in [-0.25, -0.2) is 8.42 Å². The molecule has 0 aliphatic carbocycles. The molecule has 1 fully saturated rings. The summed E-state index contributed by atoms with van der Waals surface area (Å²) in [7, 11) is -2.98. The van der Waals surface area contributed by atoms with E-state index in [0.29, 0.717) is 6.42 Å². The normalized spacial score (nSPS) is 20.2. The summed E-state index contributed by atoms with van der Waals surface area (Å²) in [5, 5.41) is 2.72. The summed E-state index contributed by atoms with van der Waals surface area (Å²) in [5.74, 6) is 0.623. The van der Waals surface area contributed by atoms with E-state index >= 15 is 0 Å². The van der Waals surface area contributed by atoms with Gasteiger partial charge in [0.05, 0.1) is 11.5 Å². The van der Waals surface area contributed by atoms with Gasteiger partial charge in [-0.05, 0) is 43.9 Å². The highest BCUT2D eigenvalue weighted by Crippen LogP contribution is 2.25. The summed E-state index contributed by atoms with van der Waals surface area (Å²) in [6.07, 6.45) is 0.483. The van der Waals surface area contributed by atoms with Crippen LogP contribution in [0.2, 0.25) is 0 Å². The fourth-order valence-corrected chi connectivity index (χ4v) is 4.14. The van der Waals surface area contributed by atoms with Crippen molar-refractivity contribution in [2.75, 3.05) is 18.1 Å². The Balaban J connectivity index is 1.92. The van der Waals surface area contributed by atoms with Crippen molar-refractivity contribution in [1.29, 1.82) is 0 Å². The summed E-state index contributed by atoms with van der Waals surface area (Å²) < 4.78 is 28.3. The molecule has 5 nitrogen and oxygen atoms in total. The quantitative estimate of drug-likeness (QED) is 0.909. The first-order valence-corrected chi connectivity index (χ1v) is 8.80. The van der Waals surface area contributed by atoms with Crippen LogP contribution in [0.1, 0.15) is 23.1 Å². The predicted octanol–water partition coefficient (Wildman–Crippen LogP) is 1.29. The molecule has 1 aliphatic rings. The molecule has 0 aromatic heterocycles. The van der Waals surface area contributed by atoms with Gasteiger partial charge in [-0.15, -0.1) is 0 Å². The largest absolute Gasteiger partial charge is 0.483 e. The Labute approximate surface area is 125 Å². The highest BCUT2D eigenvalue weighted by molar-refractivity contribution is 7.91. The molecule has 6 heteroatoms. The number of sulfone groups is 1. The number of carbonyl (C=O) groups is 1. The highest BCUT2D eigenvalue weighted by atomic mass is 32.2. The van der Waals surface area contributed by atoms with E-state index in [1.807, 2.05) is 32.9 Å². The molecule has 0 radical (unpaired) electrons. The third kappa shape index (κ3) is 3.97. The Morgan fingerprint density at radius 3 is 2.57 bits per heavy atom. The zero-order valence-electron chi connectivity index (χ0n) is 12.6. The summed E-state index contributed by atoms with van der Waals surface area (Å²) in [4.78, 5) is 11.9. The molecule has 1 N–H and O–H groups in total. The van der Waals surface area contributed by atoms with Crippen molar-refractivity contribution in [3.8, 4) is 5.75 Å². The summed E-state index contributed by atoms with van der Waals surface area (Å²) >= 11 is 0. The number of hydrogen-bond acceptors (Lipinski definition) is 4. The van der Waals surface area contributed by atoms with E-state index in [9.17, 15) is 13.2 Å². The van der Waals surface area contributed by atoms with Crippen LogP contribution in [0.3, 0.4) is 0 Å². The first kappa shape index (κ1) is 15.8. The van der Waals surface area contributed by atoms with Gasteiger partial charge in [0.15, 0.2) is 16.4 Å². The smallest absolute Gasteiger partial charge is 0.258 e. The fraction of sp³-hybridized carbons (Fsp3) is 0.533. The molecule has 0 bridgehead atoms. The van der Waals surface area contributed by atoms with Crippen LogP contribution in [0.15, 0.2) is 12.1 Å². The van der Waals surface area contributed by atoms with E-state index in [0.717, 1.165) is 22.4 Å². The molecule has 1 amide bonds. The van der Waals surface area contributed by atoms with E-state index < -0.39 is 9.84 Å². The average Bonchev–Trinajstić information content (AvgIpc) is 2.73. The summed E-state index contributed by atoms with van der Waals surface area (Å²) in [6.45, 7) is 5.79. The second kappa shape index (κ2) is 6.05. The van der Waals surface area contributed by atoms with Crippen LogP contribution in [0.25, 0.3) is 0 Å². The molecule has 1 aromatic carbocycles. The monoisotopic (exact) mass is 311 g/mol. The van der Waals surface area contributed by atoms with Crippen molar-refractivity contribution < 1.29 is 17.9 Å². The lowest BCUT2D eigenvalue weighted by molar-refractivity contribution is -0.123. The first-order chi connectivity index (χ1) is 9.78. The highest BCUT2D eigenvalue weighted by Gasteiger charge is 2.28. The van der Waals surface area contributed by atoms with Gasteiger partial charge in [0.1, 0.15) is 5.75 Å². The van der Waals surface area contributed by atoms with Crippen molar-refractivity contribution in [3.63, 3.8) is 0 Å². The average molecular weight is 311 g/mol. The van der Waals surface area contributed by atoms with Gasteiger partial charge in [0, 0.05) is 6.04 Å². The van der Waals surface area contributed by atoms with Gasteiger partial charge in [0.2, 0.25) is 0 Å². The van der Waals surface area contributed by atoms with Crippen LogP contribution < -0.4 is 10.1 Å². The summed E-state index contributed by atoms with van der Waals surface area (Å²) in [5.41, 5.74) is 3.11. The lowest BCUT2D eigenvalue weighted by Crippen LogP contribution is -2.38. The standard InChI is InChI=1S/C15H21NO4S/c1-10-4-5-11(2)15(12(10)3)20-8-14(17)16-13-6-7-21(18,19)9-13/h4-5,13H,6-9H2,1-3H3,(H,16,17). The third-order valence-electron chi connectivity index (χ3n) is 3.82. The van der Waals surface area contributed by atoms with Crippen molar-refractivity contribution in [1.82, 2.24) is 5.32 Å². The molecule has 0 saturated carbocycles. The Morgan fingerprint density at radius 2 is 1.95 bits per heavy atom. The molecule has 0 spiro atoms. The molecule has 116 valence electrons. The fourth-order valence-electron chi connectivity index (χ4n) is 2.46. The van der Waals surface area contributed by atoms with Gasteiger partial charge in [-0.3, -0.25) is 4.79 Å². The Hall–Kier alpha value is -1.56. The SMILES string of the molecule is Cc1ccc(C)c(OCC(=O)NC2CCS(=O)(=O)C2)c1C. The Morgan fingerprint density at radius 1 is 1.29 bits per heavy atom. The first-order valence-electron chi connectivity index (χ1n) is 6.98. The summed E-state index contributed by atoms with van der Waals surface area (Å²) in [6, 6.07) is 3.69. The molecule has 1 unspecified atom stereocenters. The zero-order chi connectivity index (χ0) is 15.6. The van der Waals surface area contributed by atoms with Crippen molar-refractivity contribution >= 4 is 15.7 Å². The molecule has 1 heterocycles. The van der Waals surface area contributed by atoms with Crippen LogP contribution in [-0.4, -0.2) is 38.5 Å². The number of hydrogen-bond donors (Lipinski definition) is 1. The van der Waals surface area contributed by atoms with E-state index in [2.05, 4.69) is 5.32 Å². The van der Waals surface area contributed by atoms with Crippen molar-refractivity contribution in [3.05, 3.63) is 28.8 Å². The molecule has 21 heavy (non-hydrogen) atoms. The maximum atomic E-state index is 11.9. The third-order valence-corrected chi connectivity index (χ3v) is 5.59. The number of ether oxygens (including phenoxy) is 1. The minimum atomic E-state index is -2.98. The molecule has 1 aliphatic heterocycles. The van der Waals surface area contributed by atoms with Gasteiger partial charge in [-0.1, -0.05) is 12.1 Å². The maximum absolute atomic E-state index is 11.9. The van der Waals surface area contributed by atoms with Gasteiger partial charge >= 0.3 is 0 Å². The van der Waals surface area contributed by atoms with E-state index in [-0.39, 0.29) is 30.1 Å². The Bertz CT molecular complexity index is 652. The van der Waals surface area contributed by atoms with Crippen LogP contribution in [0.4, 0.5) is 0 Å². The second-order valence-electron chi connectivity index (χ2n) is 5.61. The van der Waals surface area contributed by atoms with Crippen molar-refractivity contribution in [2.24, 2.45) is 0 Å². The van der Waals surface area contributed by atoms with E-state index in [1.165, 1.54) is 0 Å². The predicted molar refractivity (Wildman–Crippen MR) is 81.3 cm³/mol. The number of benzene rings is 1. The minimum absolute atomic E-state index is 0.0290. The van der Waals surface area contributed by atoms with Crippen LogP contribution >= 0.6 is 0 Å². The van der Waals surface area contributed by atoms with E-state index in [4.69, 9.17) is 4.74 Å². The number of aryl methyl sites for hydroxylation is 2. The van der Waals surface area contributed by atoms with Gasteiger partial charge < -0.3 is 10.1 Å². The minimum Gasteiger partial charge on any atom is -0.483 e. The lowest BCUT2D eigenvalue weighted by Gasteiger charge is -2.15. The molecule has 1 atom stereocenters. The Kier molecular flexibility index (Phi) is 4.56. The molecule has 2 rings (SSSR count). The molecule has 1 aromatic rings. The maximum Gasteiger partial charge on any atom is 0.258 e. The van der Waals surface area contributed by atoms with E-state index in [1.54, 1.807) is 0 Å². The van der Waals surface area contributed by atoms with Crippen LogP contribution in [-0.2, 0) is 14.6 Å².